The van der Waals surface area contributed by atoms with Gasteiger partial charge >= 0.3 is 0 Å². The van der Waals surface area contributed by atoms with Crippen molar-refractivity contribution in [3.05, 3.63) is 75.3 Å². The minimum atomic E-state index is -0.471. The summed E-state index contributed by atoms with van der Waals surface area (Å²) in [7, 11) is 0. The second-order valence-corrected chi connectivity index (χ2v) is 6.93. The van der Waals surface area contributed by atoms with Gasteiger partial charge in [-0.05, 0) is 23.8 Å². The van der Waals surface area contributed by atoms with Crippen molar-refractivity contribution in [3.8, 4) is 0 Å². The van der Waals surface area contributed by atoms with Gasteiger partial charge in [0.2, 0.25) is 0 Å². The van der Waals surface area contributed by atoms with E-state index in [1.54, 1.807) is 12.1 Å². The van der Waals surface area contributed by atoms with Crippen LogP contribution in [-0.4, -0.2) is 53.2 Å². The smallest absolute Gasteiger partial charge is 0.269 e. The molecule has 1 aliphatic heterocycles. The molecule has 0 bridgehead atoms. The topological polar surface area (TPSA) is 66.7 Å². The molecule has 3 rings (SSSR count). The fraction of sp³-hybridized carbons (Fsp3) is 0.350. The van der Waals surface area contributed by atoms with E-state index in [2.05, 4.69) is 0 Å². The highest BCUT2D eigenvalue weighted by Crippen LogP contribution is 2.15. The summed E-state index contributed by atoms with van der Waals surface area (Å²) in [6.45, 7) is 3.32. The van der Waals surface area contributed by atoms with Crippen LogP contribution in [0.4, 0.5) is 14.5 Å². The monoisotopic (exact) mass is 461 g/mol. The highest BCUT2D eigenvalue weighted by molar-refractivity contribution is 5.85. The van der Waals surface area contributed by atoms with Crippen molar-refractivity contribution in [3.63, 3.8) is 0 Å². The minimum Gasteiger partial charge on any atom is -0.298 e. The molecule has 0 aromatic heterocycles. The lowest BCUT2D eigenvalue weighted by Crippen LogP contribution is -2.47. The summed E-state index contributed by atoms with van der Waals surface area (Å²) < 4.78 is 27.0. The number of carbonyl (C=O) groups is 1. The van der Waals surface area contributed by atoms with Crippen molar-refractivity contribution < 1.29 is 18.5 Å². The third kappa shape index (κ3) is 7.28. The molecule has 2 aromatic rings. The van der Waals surface area contributed by atoms with Crippen molar-refractivity contribution in [1.82, 2.24) is 9.80 Å². The van der Waals surface area contributed by atoms with Crippen molar-refractivity contribution in [2.75, 3.05) is 32.7 Å². The summed E-state index contributed by atoms with van der Waals surface area (Å²) in [5, 5.41) is 10.7. The standard InChI is InChI=1S/C20H21F2N3O3.2ClH/c21-17-3-6-20(22)16(12-17)13-23-7-9-24(10-8-23)14-19(26)11-15-1-4-18(5-2-15)25(27)28;;/h1-6,12H,7-11,13-14H2;2*1H. The van der Waals surface area contributed by atoms with E-state index in [4.69, 9.17) is 0 Å². The number of Topliss-reactive ketones (excluding diaryl/α,β-unsaturated/α-hetero) is 1. The maximum Gasteiger partial charge on any atom is 0.269 e. The fourth-order valence-electron chi connectivity index (χ4n) is 3.28. The van der Waals surface area contributed by atoms with E-state index < -0.39 is 16.6 Å². The summed E-state index contributed by atoms with van der Waals surface area (Å²) in [5.74, 6) is -0.826. The first-order valence-corrected chi connectivity index (χ1v) is 9.04. The molecular formula is C20H23Cl2F2N3O3. The van der Waals surface area contributed by atoms with E-state index in [9.17, 15) is 23.7 Å². The Labute approximate surface area is 185 Å². The Morgan fingerprint density at radius 2 is 1.57 bits per heavy atom. The molecule has 6 nitrogen and oxygen atoms in total. The third-order valence-corrected chi connectivity index (χ3v) is 4.82. The Bertz CT molecular complexity index is 861. The lowest BCUT2D eigenvalue weighted by Gasteiger charge is -2.34. The number of nitro groups is 1. The molecule has 0 N–H and O–H groups in total. The van der Waals surface area contributed by atoms with Gasteiger partial charge in [0, 0.05) is 56.8 Å². The predicted molar refractivity (Wildman–Crippen MR) is 114 cm³/mol. The Kier molecular flexibility index (Phi) is 10.3. The van der Waals surface area contributed by atoms with Gasteiger partial charge in [0.15, 0.2) is 5.78 Å². The number of carbonyl (C=O) groups excluding carboxylic acids is 1. The fourth-order valence-corrected chi connectivity index (χ4v) is 3.28. The predicted octanol–water partition coefficient (Wildman–Crippen LogP) is 3.65. The summed E-state index contributed by atoms with van der Waals surface area (Å²) >= 11 is 0. The molecule has 0 radical (unpaired) electrons. The molecule has 2 aromatic carbocycles. The van der Waals surface area contributed by atoms with Crippen molar-refractivity contribution in [2.45, 2.75) is 13.0 Å². The van der Waals surface area contributed by atoms with Crippen molar-refractivity contribution >= 4 is 36.3 Å². The van der Waals surface area contributed by atoms with Crippen molar-refractivity contribution in [2.24, 2.45) is 0 Å². The highest BCUT2D eigenvalue weighted by Gasteiger charge is 2.20. The summed E-state index contributed by atoms with van der Waals surface area (Å²) in [6.07, 6.45) is 0.229. The van der Waals surface area contributed by atoms with Crippen LogP contribution in [0.3, 0.4) is 0 Å². The quantitative estimate of drug-likeness (QED) is 0.465. The van der Waals surface area contributed by atoms with Gasteiger partial charge in [0.05, 0.1) is 11.5 Å². The van der Waals surface area contributed by atoms with Crippen LogP contribution in [0.5, 0.6) is 0 Å². The van der Waals surface area contributed by atoms with Gasteiger partial charge in [-0.1, -0.05) is 12.1 Å². The molecule has 164 valence electrons. The van der Waals surface area contributed by atoms with E-state index in [1.165, 1.54) is 18.2 Å². The molecule has 0 saturated carbocycles. The lowest BCUT2D eigenvalue weighted by atomic mass is 10.1. The molecule has 1 aliphatic rings. The molecule has 0 unspecified atom stereocenters. The Hall–Kier alpha value is -2.13. The molecule has 30 heavy (non-hydrogen) atoms. The SMILES string of the molecule is Cl.Cl.O=C(Cc1ccc([N+](=O)[O-])cc1)CN1CCN(Cc2cc(F)ccc2F)CC1. The highest BCUT2D eigenvalue weighted by atomic mass is 35.5. The number of nitrogens with zero attached hydrogens (tertiary/aromatic N) is 3. The molecule has 0 atom stereocenters. The first-order chi connectivity index (χ1) is 13.4. The van der Waals surface area contributed by atoms with Crippen LogP contribution in [0.15, 0.2) is 42.5 Å². The number of hydrogen-bond donors (Lipinski definition) is 0. The molecular weight excluding hydrogens is 439 g/mol. The number of hydrogen-bond acceptors (Lipinski definition) is 5. The zero-order valence-corrected chi connectivity index (χ0v) is 17.8. The Balaban J connectivity index is 0.00000225. The first-order valence-electron chi connectivity index (χ1n) is 9.04. The number of piperazine rings is 1. The van der Waals surface area contributed by atoms with Crippen LogP contribution in [-0.2, 0) is 17.8 Å². The zero-order chi connectivity index (χ0) is 20.1. The minimum absolute atomic E-state index is 0. The number of nitro benzene ring substituents is 1. The molecule has 1 heterocycles. The number of rotatable bonds is 7. The molecule has 0 aliphatic carbocycles. The van der Waals surface area contributed by atoms with E-state index in [0.29, 0.717) is 44.8 Å². The van der Waals surface area contributed by atoms with Gasteiger partial charge in [0.1, 0.15) is 11.6 Å². The molecule has 1 saturated heterocycles. The molecule has 1 fully saturated rings. The van der Waals surface area contributed by atoms with Gasteiger partial charge < -0.3 is 0 Å². The third-order valence-electron chi connectivity index (χ3n) is 4.82. The second-order valence-electron chi connectivity index (χ2n) is 6.93. The molecule has 0 amide bonds. The average Bonchev–Trinajstić information content (AvgIpc) is 2.66. The number of benzene rings is 2. The van der Waals surface area contributed by atoms with E-state index in [0.717, 1.165) is 17.7 Å². The van der Waals surface area contributed by atoms with Crippen LogP contribution in [0.1, 0.15) is 11.1 Å². The number of ketones is 1. The maximum atomic E-state index is 13.8. The maximum absolute atomic E-state index is 13.8. The van der Waals surface area contributed by atoms with Gasteiger partial charge in [-0.3, -0.25) is 24.7 Å². The van der Waals surface area contributed by atoms with Crippen LogP contribution in [0, 0.1) is 21.7 Å². The Morgan fingerprint density at radius 1 is 0.967 bits per heavy atom. The largest absolute Gasteiger partial charge is 0.298 e. The molecule has 0 spiro atoms. The van der Waals surface area contributed by atoms with E-state index in [1.807, 2.05) is 9.80 Å². The van der Waals surface area contributed by atoms with Crippen LogP contribution < -0.4 is 0 Å². The van der Waals surface area contributed by atoms with Gasteiger partial charge in [0.25, 0.3) is 5.69 Å². The van der Waals surface area contributed by atoms with Crippen LogP contribution >= 0.6 is 24.8 Å². The summed E-state index contributed by atoms with van der Waals surface area (Å²) in [5.41, 5.74) is 1.08. The normalized spacial score (nSPS) is 14.5. The Morgan fingerprint density at radius 3 is 2.17 bits per heavy atom. The van der Waals surface area contributed by atoms with Crippen molar-refractivity contribution in [1.29, 1.82) is 0 Å². The van der Waals surface area contributed by atoms with Crippen LogP contribution in [0.2, 0.25) is 0 Å². The first kappa shape index (κ1) is 25.9. The summed E-state index contributed by atoms with van der Waals surface area (Å²) in [6, 6.07) is 9.45. The lowest BCUT2D eigenvalue weighted by molar-refractivity contribution is -0.384. The number of halogens is 4. The van der Waals surface area contributed by atoms with E-state index in [-0.39, 0.29) is 42.7 Å². The number of non-ortho nitro benzene ring substituents is 1. The van der Waals surface area contributed by atoms with Gasteiger partial charge in [-0.25, -0.2) is 8.78 Å². The van der Waals surface area contributed by atoms with Crippen LogP contribution in [0.25, 0.3) is 0 Å². The van der Waals surface area contributed by atoms with Gasteiger partial charge in [-0.2, -0.15) is 0 Å². The van der Waals surface area contributed by atoms with E-state index >= 15 is 0 Å². The van der Waals surface area contributed by atoms with Gasteiger partial charge in [-0.15, -0.1) is 24.8 Å². The average molecular weight is 462 g/mol. The second kappa shape index (κ2) is 11.9. The zero-order valence-electron chi connectivity index (χ0n) is 16.1. The summed E-state index contributed by atoms with van der Waals surface area (Å²) in [4.78, 5) is 26.5. The molecule has 10 heteroatoms.